The highest BCUT2D eigenvalue weighted by Crippen LogP contribution is 2.30. The highest BCUT2D eigenvalue weighted by Gasteiger charge is 2.13. The van der Waals surface area contributed by atoms with Crippen molar-refractivity contribution in [2.45, 2.75) is 11.3 Å². The molecule has 0 aliphatic heterocycles. The minimum Gasteiger partial charge on any atom is -0.493 e. The van der Waals surface area contributed by atoms with Crippen LogP contribution in [0.25, 0.3) is 0 Å². The summed E-state index contributed by atoms with van der Waals surface area (Å²) in [6.45, 7) is 2.04. The van der Waals surface area contributed by atoms with E-state index < -0.39 is 0 Å². The van der Waals surface area contributed by atoms with Crippen molar-refractivity contribution in [1.29, 1.82) is 0 Å². The molecule has 0 saturated carbocycles. The van der Waals surface area contributed by atoms with E-state index in [2.05, 4.69) is 15.5 Å². The Morgan fingerprint density at radius 1 is 1.07 bits per heavy atom. The van der Waals surface area contributed by atoms with Crippen LogP contribution in [0, 0.1) is 6.92 Å². The zero-order chi connectivity index (χ0) is 19.2. The lowest BCUT2D eigenvalue weighted by Gasteiger charge is -2.08. The summed E-state index contributed by atoms with van der Waals surface area (Å²) < 4.78 is 11.2. The van der Waals surface area contributed by atoms with E-state index in [-0.39, 0.29) is 11.5 Å². The van der Waals surface area contributed by atoms with Crippen LogP contribution in [0.4, 0.5) is 10.8 Å². The van der Waals surface area contributed by atoms with Crippen molar-refractivity contribution < 1.29 is 14.3 Å². The van der Waals surface area contributed by atoms with Gasteiger partial charge in [0.15, 0.2) is 21.6 Å². The van der Waals surface area contributed by atoms with Crippen molar-refractivity contribution in [3.63, 3.8) is 0 Å². The molecule has 0 aliphatic rings. The van der Waals surface area contributed by atoms with Crippen LogP contribution in [0.1, 0.15) is 15.9 Å². The predicted octanol–water partition coefficient (Wildman–Crippen LogP) is 4.58. The second-order valence-electron chi connectivity index (χ2n) is 5.65. The van der Waals surface area contributed by atoms with Gasteiger partial charge in [-0.3, -0.25) is 4.79 Å². The van der Waals surface area contributed by atoms with Crippen LogP contribution >= 0.6 is 23.1 Å². The van der Waals surface area contributed by atoms with Gasteiger partial charge in [-0.05, 0) is 37.3 Å². The summed E-state index contributed by atoms with van der Waals surface area (Å²) in [5.41, 5.74) is 2.72. The molecule has 0 aliphatic carbocycles. The first-order valence-corrected chi connectivity index (χ1v) is 9.94. The van der Waals surface area contributed by atoms with Gasteiger partial charge >= 0.3 is 0 Å². The molecular formula is C19H19N3O3S2. The Kier molecular flexibility index (Phi) is 6.31. The number of aryl methyl sites for hydroxylation is 1. The molecule has 1 N–H and O–H groups in total. The lowest BCUT2D eigenvalue weighted by Crippen LogP contribution is -2.03. The highest BCUT2D eigenvalue weighted by atomic mass is 32.2. The van der Waals surface area contributed by atoms with E-state index in [1.807, 2.05) is 31.2 Å². The molecule has 3 rings (SSSR count). The molecule has 2 aromatic carbocycles. The van der Waals surface area contributed by atoms with Gasteiger partial charge in [0.05, 0.1) is 20.0 Å². The number of ether oxygens (including phenoxy) is 2. The number of benzene rings is 2. The highest BCUT2D eigenvalue weighted by molar-refractivity contribution is 8.01. The van der Waals surface area contributed by atoms with Crippen molar-refractivity contribution in [2.75, 3.05) is 25.3 Å². The molecule has 6 nitrogen and oxygen atoms in total. The quantitative estimate of drug-likeness (QED) is 0.437. The van der Waals surface area contributed by atoms with E-state index in [4.69, 9.17) is 9.47 Å². The van der Waals surface area contributed by atoms with Crippen molar-refractivity contribution in [2.24, 2.45) is 0 Å². The number of ketones is 1. The summed E-state index contributed by atoms with van der Waals surface area (Å²) in [5.74, 6) is 1.39. The Bertz CT molecular complexity index is 926. The molecule has 1 heterocycles. The monoisotopic (exact) mass is 401 g/mol. The first kappa shape index (κ1) is 19.2. The Morgan fingerprint density at radius 2 is 1.81 bits per heavy atom. The van der Waals surface area contributed by atoms with Gasteiger partial charge in [0.2, 0.25) is 5.13 Å². The molecule has 1 aromatic heterocycles. The first-order valence-electron chi connectivity index (χ1n) is 8.14. The zero-order valence-corrected chi connectivity index (χ0v) is 16.8. The van der Waals surface area contributed by atoms with Crippen LogP contribution in [-0.4, -0.2) is 36.0 Å². The summed E-state index contributed by atoms with van der Waals surface area (Å²) in [5, 5.41) is 12.2. The largest absolute Gasteiger partial charge is 0.493 e. The fraction of sp³-hybridized carbons (Fsp3) is 0.211. The molecule has 0 unspecified atom stereocenters. The van der Waals surface area contributed by atoms with Crippen LogP contribution in [0.3, 0.4) is 0 Å². The fourth-order valence-electron chi connectivity index (χ4n) is 2.30. The van der Waals surface area contributed by atoms with Crippen molar-refractivity contribution in [1.82, 2.24) is 10.2 Å². The van der Waals surface area contributed by atoms with E-state index in [0.29, 0.717) is 22.2 Å². The number of Topliss-reactive ketones (excluding diaryl/α,β-unsaturated/α-hetero) is 1. The lowest BCUT2D eigenvalue weighted by molar-refractivity contribution is 0.102. The number of rotatable bonds is 8. The Morgan fingerprint density at radius 3 is 2.52 bits per heavy atom. The standard InChI is InChI=1S/C19H19N3O3S2/c1-12-4-7-14(8-5-12)20-18-21-22-19(27-18)26-11-15(23)13-6-9-16(24-2)17(10-13)25-3/h4-10H,11H2,1-3H3,(H,20,21). The number of nitrogens with one attached hydrogen (secondary N) is 1. The molecule has 0 spiro atoms. The van der Waals surface area contributed by atoms with E-state index in [0.717, 1.165) is 10.0 Å². The third-order valence-electron chi connectivity index (χ3n) is 3.74. The van der Waals surface area contributed by atoms with Crippen LogP contribution < -0.4 is 14.8 Å². The summed E-state index contributed by atoms with van der Waals surface area (Å²) in [4.78, 5) is 12.4. The van der Waals surface area contributed by atoms with Crippen LogP contribution in [0.2, 0.25) is 0 Å². The third kappa shape index (κ3) is 4.99. The summed E-state index contributed by atoms with van der Waals surface area (Å²) >= 11 is 2.78. The second-order valence-corrected chi connectivity index (χ2v) is 7.85. The number of hydrogen-bond donors (Lipinski definition) is 1. The minimum atomic E-state index is -0.0100. The molecule has 0 amide bonds. The Labute approximate surface area is 165 Å². The van der Waals surface area contributed by atoms with Gasteiger partial charge < -0.3 is 14.8 Å². The summed E-state index contributed by atoms with van der Waals surface area (Å²) in [6, 6.07) is 13.2. The number of hydrogen-bond acceptors (Lipinski definition) is 8. The maximum absolute atomic E-state index is 12.4. The molecule has 3 aromatic rings. The number of thioether (sulfide) groups is 1. The number of anilines is 2. The number of methoxy groups -OCH3 is 2. The van der Waals surface area contributed by atoms with E-state index in [1.54, 1.807) is 32.4 Å². The van der Waals surface area contributed by atoms with Gasteiger partial charge in [0.1, 0.15) is 0 Å². The number of aromatic nitrogens is 2. The maximum Gasteiger partial charge on any atom is 0.210 e. The summed E-state index contributed by atoms with van der Waals surface area (Å²) in [6.07, 6.45) is 0. The van der Waals surface area contributed by atoms with Gasteiger partial charge in [-0.25, -0.2) is 0 Å². The van der Waals surface area contributed by atoms with Gasteiger partial charge in [-0.15, -0.1) is 10.2 Å². The lowest BCUT2D eigenvalue weighted by atomic mass is 10.1. The van der Waals surface area contributed by atoms with E-state index in [1.165, 1.54) is 28.7 Å². The number of carbonyl (C=O) groups is 1. The average Bonchev–Trinajstić information content (AvgIpc) is 3.14. The fourth-order valence-corrected chi connectivity index (χ4v) is 3.97. The molecular weight excluding hydrogens is 382 g/mol. The SMILES string of the molecule is COc1ccc(C(=O)CSc2nnc(Nc3ccc(C)cc3)s2)cc1OC. The molecule has 27 heavy (non-hydrogen) atoms. The molecule has 8 heteroatoms. The topological polar surface area (TPSA) is 73.3 Å². The maximum atomic E-state index is 12.4. The predicted molar refractivity (Wildman–Crippen MR) is 109 cm³/mol. The van der Waals surface area contributed by atoms with Crippen molar-refractivity contribution in [3.05, 3.63) is 53.6 Å². The van der Waals surface area contributed by atoms with Crippen molar-refractivity contribution in [3.8, 4) is 11.5 Å². The molecule has 0 saturated heterocycles. The minimum absolute atomic E-state index is 0.0100. The molecule has 0 atom stereocenters. The van der Waals surface area contributed by atoms with E-state index in [9.17, 15) is 4.79 Å². The first-order chi connectivity index (χ1) is 13.1. The normalized spacial score (nSPS) is 10.5. The molecule has 140 valence electrons. The summed E-state index contributed by atoms with van der Waals surface area (Å²) in [7, 11) is 3.11. The second kappa shape index (κ2) is 8.88. The van der Waals surface area contributed by atoms with Gasteiger partial charge in [0, 0.05) is 11.3 Å². The number of nitrogens with zero attached hydrogens (tertiary/aromatic N) is 2. The smallest absolute Gasteiger partial charge is 0.210 e. The Balaban J connectivity index is 1.59. The Hall–Kier alpha value is -2.58. The molecule has 0 fully saturated rings. The molecule has 0 bridgehead atoms. The number of carbonyl (C=O) groups excluding carboxylic acids is 1. The van der Waals surface area contributed by atoms with E-state index >= 15 is 0 Å². The van der Waals surface area contributed by atoms with Gasteiger partial charge in [-0.2, -0.15) is 0 Å². The zero-order valence-electron chi connectivity index (χ0n) is 15.2. The van der Waals surface area contributed by atoms with Crippen LogP contribution in [-0.2, 0) is 0 Å². The molecule has 0 radical (unpaired) electrons. The average molecular weight is 402 g/mol. The van der Waals surface area contributed by atoms with Crippen LogP contribution in [0.15, 0.2) is 46.8 Å². The third-order valence-corrected chi connectivity index (χ3v) is 5.71. The van der Waals surface area contributed by atoms with Gasteiger partial charge in [-0.1, -0.05) is 40.8 Å². The van der Waals surface area contributed by atoms with Gasteiger partial charge in [0.25, 0.3) is 0 Å². The van der Waals surface area contributed by atoms with Crippen LogP contribution in [0.5, 0.6) is 11.5 Å². The van der Waals surface area contributed by atoms with Crippen molar-refractivity contribution >= 4 is 39.7 Å².